The van der Waals surface area contributed by atoms with Gasteiger partial charge in [-0.25, -0.2) is 13.4 Å². The second kappa shape index (κ2) is 15.3. The molecule has 0 saturated carbocycles. The zero-order chi connectivity index (χ0) is 34.3. The highest BCUT2D eigenvalue weighted by atomic mass is 32.2. The van der Waals surface area contributed by atoms with E-state index in [0.717, 1.165) is 5.69 Å². The van der Waals surface area contributed by atoms with Crippen LogP contribution in [0.2, 0.25) is 0 Å². The molecule has 2 aliphatic heterocycles. The highest BCUT2D eigenvalue weighted by molar-refractivity contribution is 7.88. The van der Waals surface area contributed by atoms with Gasteiger partial charge in [-0.05, 0) is 66.7 Å². The molecular weight excluding hydrogens is 629 g/mol. The number of sulfonamides is 1. The van der Waals surface area contributed by atoms with Crippen LogP contribution in [0.5, 0.6) is 11.5 Å². The molecule has 0 aliphatic carbocycles. The average Bonchev–Trinajstić information content (AvgIpc) is 3.49. The number of nitrogens with zero attached hydrogens (tertiary/aromatic N) is 6. The summed E-state index contributed by atoms with van der Waals surface area (Å²) >= 11 is 0. The lowest BCUT2D eigenvalue weighted by atomic mass is 10.0. The smallest absolute Gasteiger partial charge is 0.271 e. The lowest BCUT2D eigenvalue weighted by Crippen LogP contribution is -2.48. The minimum absolute atomic E-state index is 0.00349. The number of hydrogen-bond donors (Lipinski definition) is 3. The van der Waals surface area contributed by atoms with Gasteiger partial charge in [0.25, 0.3) is 5.91 Å². The number of aromatic hydroxyl groups is 2. The summed E-state index contributed by atoms with van der Waals surface area (Å²) in [6.45, 7) is 7.31. The molecule has 1 aromatic heterocycles. The van der Waals surface area contributed by atoms with Crippen LogP contribution in [-0.2, 0) is 21.5 Å². The average molecular weight is 670 g/mol. The normalized spacial score (nSPS) is 16.7. The van der Waals surface area contributed by atoms with E-state index < -0.39 is 22.7 Å². The van der Waals surface area contributed by atoms with Gasteiger partial charge in [-0.1, -0.05) is 12.1 Å². The molecule has 0 radical (unpaired) electrons. The first-order valence-corrected chi connectivity index (χ1v) is 16.7. The van der Waals surface area contributed by atoms with Crippen LogP contribution >= 0.6 is 0 Å². The van der Waals surface area contributed by atoms with Crippen LogP contribution < -0.4 is 10.6 Å². The van der Waals surface area contributed by atoms with E-state index in [1.807, 2.05) is 11.0 Å². The summed E-state index contributed by atoms with van der Waals surface area (Å²) in [4.78, 5) is 29.8. The van der Waals surface area contributed by atoms with Gasteiger partial charge in [0.05, 0.1) is 18.0 Å². The molecule has 5 rings (SSSR count). The number of carbonyl (C=O) groups is 1. The minimum atomic E-state index is -3.26. The molecule has 4 N–H and O–H groups in total. The molecule has 2 aliphatic rings. The number of fused-ring (bicyclic) bond motifs is 1. The highest BCUT2D eigenvalue weighted by Crippen LogP contribution is 2.34. The number of halogens is 1. The van der Waals surface area contributed by atoms with Gasteiger partial charge in [0.15, 0.2) is 0 Å². The monoisotopic (exact) mass is 669 g/mol. The van der Waals surface area contributed by atoms with Crippen molar-refractivity contribution in [3.05, 3.63) is 83.3 Å². The maximum absolute atomic E-state index is 13.7. The number of benzene rings is 2. The summed E-state index contributed by atoms with van der Waals surface area (Å²) in [5, 5.41) is 20.9. The van der Waals surface area contributed by atoms with Crippen molar-refractivity contribution < 1.29 is 32.9 Å². The number of phenols is 2. The number of nitrogens with two attached hydrogens (primary N) is 1. The molecule has 2 aromatic carbocycles. The standard InChI is InChI=1S/C31H35FN6O6S.CH5N/c1-21(18-33-2)30(34-26-8-7-24(17-29(26)40)35-9-12-37(13-10-35)45(3,42)43)23-16-27-31(41)38(14-11-36(27)19-23)28(20-44-32)22-5-4-6-25(39)15-22;1-2/h4-8,15-19,28,39-40H,2,9-14,20H2,1,3H3;2H2,1H3/b21-18-,34-30?;. The fourth-order valence-corrected chi connectivity index (χ4v) is 6.53. The van der Waals surface area contributed by atoms with Crippen LogP contribution in [0.25, 0.3) is 0 Å². The Kier molecular flexibility index (Phi) is 11.5. The molecule has 3 heterocycles. The maximum atomic E-state index is 13.7. The van der Waals surface area contributed by atoms with Crippen molar-refractivity contribution in [2.75, 3.05) is 57.5 Å². The maximum Gasteiger partial charge on any atom is 0.271 e. The summed E-state index contributed by atoms with van der Waals surface area (Å²) in [6, 6.07) is 12.3. The van der Waals surface area contributed by atoms with E-state index >= 15 is 0 Å². The summed E-state index contributed by atoms with van der Waals surface area (Å²) in [6.07, 6.45) is 4.53. The number of rotatable bonds is 10. The van der Waals surface area contributed by atoms with Gasteiger partial charge in [0.2, 0.25) is 10.0 Å². The quantitative estimate of drug-likeness (QED) is 0.277. The van der Waals surface area contributed by atoms with Crippen LogP contribution in [0.3, 0.4) is 0 Å². The predicted octanol–water partition coefficient (Wildman–Crippen LogP) is 3.38. The SMILES string of the molecule is C=N/C=C(/C)C(=Nc1ccc(N2CCN(S(C)(=O)=O)CC2)cc1O)c1cc2n(c1)CCN(C(COF)c1cccc(O)c1)C2=O.CN. The van der Waals surface area contributed by atoms with E-state index in [2.05, 4.69) is 22.4 Å². The Labute approximate surface area is 273 Å². The lowest BCUT2D eigenvalue weighted by Gasteiger charge is -2.34. The third-order valence-electron chi connectivity index (χ3n) is 8.01. The number of aliphatic imine (C=N–C) groups is 2. The fourth-order valence-electron chi connectivity index (χ4n) is 5.70. The van der Waals surface area contributed by atoms with Crippen molar-refractivity contribution in [3.63, 3.8) is 0 Å². The Morgan fingerprint density at radius 1 is 1.09 bits per heavy atom. The second-order valence-corrected chi connectivity index (χ2v) is 13.0. The van der Waals surface area contributed by atoms with Gasteiger partial charge in [-0.3, -0.25) is 9.79 Å². The molecule has 3 aromatic rings. The minimum Gasteiger partial charge on any atom is -0.508 e. The molecule has 0 bridgehead atoms. The first-order chi connectivity index (χ1) is 22.5. The molecule has 13 nitrogen and oxygen atoms in total. The molecule has 47 heavy (non-hydrogen) atoms. The van der Waals surface area contributed by atoms with Gasteiger partial charge in [0.1, 0.15) is 29.5 Å². The van der Waals surface area contributed by atoms with Gasteiger partial charge in [0, 0.05) is 69.0 Å². The van der Waals surface area contributed by atoms with Gasteiger partial charge in [-0.15, -0.1) is 0 Å². The summed E-state index contributed by atoms with van der Waals surface area (Å²) in [7, 11) is -1.76. The molecule has 15 heteroatoms. The predicted molar refractivity (Wildman–Crippen MR) is 180 cm³/mol. The van der Waals surface area contributed by atoms with Crippen molar-refractivity contribution in [2.45, 2.75) is 19.5 Å². The number of piperazine rings is 1. The van der Waals surface area contributed by atoms with Crippen molar-refractivity contribution in [2.24, 2.45) is 15.7 Å². The van der Waals surface area contributed by atoms with E-state index in [-0.39, 0.29) is 24.0 Å². The van der Waals surface area contributed by atoms with E-state index in [4.69, 9.17) is 4.99 Å². The molecule has 1 fully saturated rings. The van der Waals surface area contributed by atoms with Crippen molar-refractivity contribution in [3.8, 4) is 11.5 Å². The van der Waals surface area contributed by atoms with E-state index in [9.17, 15) is 28.0 Å². The zero-order valence-corrected chi connectivity index (χ0v) is 27.4. The van der Waals surface area contributed by atoms with Gasteiger partial charge < -0.3 is 30.3 Å². The van der Waals surface area contributed by atoms with Crippen LogP contribution in [0.1, 0.15) is 34.6 Å². The first kappa shape index (κ1) is 35.3. The Balaban J connectivity index is 0.00000245. The van der Waals surface area contributed by atoms with Crippen molar-refractivity contribution >= 4 is 39.7 Å². The molecular formula is C32H40FN7O6S. The molecule has 0 spiro atoms. The number of carbonyl (C=O) groups excluding carboxylic acids is 1. The van der Waals surface area contributed by atoms with Crippen LogP contribution in [0, 0.1) is 0 Å². The van der Waals surface area contributed by atoms with Gasteiger partial charge in [-0.2, -0.15) is 9.25 Å². The van der Waals surface area contributed by atoms with Crippen LogP contribution in [0.4, 0.5) is 15.9 Å². The molecule has 1 atom stereocenters. The third-order valence-corrected chi connectivity index (χ3v) is 9.31. The Bertz CT molecular complexity index is 1770. The molecule has 1 amide bonds. The number of anilines is 1. The van der Waals surface area contributed by atoms with Crippen LogP contribution in [-0.4, -0.2) is 103 Å². The zero-order valence-electron chi connectivity index (χ0n) is 26.6. The first-order valence-electron chi connectivity index (χ1n) is 14.9. The lowest BCUT2D eigenvalue weighted by molar-refractivity contribution is -0.147. The Morgan fingerprint density at radius 2 is 1.81 bits per heavy atom. The summed E-state index contributed by atoms with van der Waals surface area (Å²) < 4.78 is 40.1. The van der Waals surface area contributed by atoms with E-state index in [1.54, 1.807) is 48.0 Å². The summed E-state index contributed by atoms with van der Waals surface area (Å²) in [5.74, 6) is -0.415. The van der Waals surface area contributed by atoms with Gasteiger partial charge >= 0.3 is 0 Å². The Hall–Kier alpha value is -4.57. The number of hydrogen-bond acceptors (Lipinski definition) is 10. The van der Waals surface area contributed by atoms with Crippen molar-refractivity contribution in [1.29, 1.82) is 0 Å². The highest BCUT2D eigenvalue weighted by Gasteiger charge is 2.33. The number of aromatic nitrogens is 1. The topological polar surface area (TPSA) is 166 Å². The fraction of sp³-hybridized carbons (Fsp3) is 0.344. The Morgan fingerprint density at radius 3 is 2.43 bits per heavy atom. The molecule has 252 valence electrons. The largest absolute Gasteiger partial charge is 0.508 e. The molecule has 1 saturated heterocycles. The number of amides is 1. The van der Waals surface area contributed by atoms with E-state index in [0.29, 0.717) is 66.5 Å². The number of phenolic OH excluding ortho intramolecular Hbond substituents is 2. The van der Waals surface area contributed by atoms with Crippen LogP contribution in [0.15, 0.2) is 76.5 Å². The molecule has 1 unspecified atom stereocenters. The van der Waals surface area contributed by atoms with Crippen molar-refractivity contribution in [1.82, 2.24) is 13.8 Å². The van der Waals surface area contributed by atoms with E-state index in [1.165, 1.54) is 40.8 Å². The number of allylic oxidation sites excluding steroid dienone is 1. The summed E-state index contributed by atoms with van der Waals surface area (Å²) in [5.41, 5.74) is 8.14. The second-order valence-electron chi connectivity index (χ2n) is 11.0. The third kappa shape index (κ3) is 8.05.